The van der Waals surface area contributed by atoms with Crippen molar-refractivity contribution in [3.8, 4) is 5.75 Å². The molecule has 0 spiro atoms. The lowest BCUT2D eigenvalue weighted by molar-refractivity contribution is 0.480. The fourth-order valence-electron chi connectivity index (χ4n) is 2.31. The molecule has 0 radical (unpaired) electrons. The molecule has 2 aromatic carbocycles. The van der Waals surface area contributed by atoms with Crippen LogP contribution < -0.4 is 0 Å². The SMILES string of the molecule is Oc1c(C=NCCc2ccccc2)[nH]c2ccc(Br)c(Cl)c12. The number of aliphatic imine (C=N–C) groups is 1. The highest BCUT2D eigenvalue weighted by Gasteiger charge is 2.13. The van der Waals surface area contributed by atoms with Crippen LogP contribution in [0.2, 0.25) is 5.02 Å². The number of hydrogen-bond acceptors (Lipinski definition) is 2. The second kappa shape index (κ2) is 6.55. The summed E-state index contributed by atoms with van der Waals surface area (Å²) >= 11 is 9.57. The lowest BCUT2D eigenvalue weighted by atomic mass is 10.2. The number of halogens is 2. The molecule has 0 amide bonds. The number of nitrogens with one attached hydrogen (secondary N) is 1. The van der Waals surface area contributed by atoms with Gasteiger partial charge in [0.2, 0.25) is 0 Å². The molecule has 3 nitrogen and oxygen atoms in total. The predicted octanol–water partition coefficient (Wildman–Crippen LogP) is 4.95. The number of aromatic nitrogens is 1. The first-order chi connectivity index (χ1) is 10.7. The molecule has 5 heteroatoms. The van der Waals surface area contributed by atoms with Crippen molar-refractivity contribution in [3.63, 3.8) is 0 Å². The minimum atomic E-state index is 0.129. The van der Waals surface area contributed by atoms with Crippen LogP contribution in [-0.4, -0.2) is 22.8 Å². The van der Waals surface area contributed by atoms with E-state index >= 15 is 0 Å². The summed E-state index contributed by atoms with van der Waals surface area (Å²) < 4.78 is 0.753. The Kier molecular flexibility index (Phi) is 4.50. The third-order valence-corrected chi connectivity index (χ3v) is 4.73. The lowest BCUT2D eigenvalue weighted by Gasteiger charge is -1.97. The van der Waals surface area contributed by atoms with Crippen LogP contribution in [0.5, 0.6) is 5.75 Å². The summed E-state index contributed by atoms with van der Waals surface area (Å²) in [6, 6.07) is 13.9. The minimum absolute atomic E-state index is 0.129. The molecule has 0 fully saturated rings. The Bertz CT molecular complexity index is 828. The average molecular weight is 378 g/mol. The largest absolute Gasteiger partial charge is 0.505 e. The van der Waals surface area contributed by atoms with Gasteiger partial charge in [-0.2, -0.15) is 0 Å². The van der Waals surface area contributed by atoms with Gasteiger partial charge >= 0.3 is 0 Å². The van der Waals surface area contributed by atoms with Crippen LogP contribution in [0.1, 0.15) is 11.3 Å². The van der Waals surface area contributed by atoms with Gasteiger partial charge in [0.05, 0.1) is 21.6 Å². The van der Waals surface area contributed by atoms with Crippen LogP contribution in [-0.2, 0) is 6.42 Å². The monoisotopic (exact) mass is 376 g/mol. The van der Waals surface area contributed by atoms with E-state index in [2.05, 4.69) is 38.0 Å². The number of rotatable bonds is 4. The van der Waals surface area contributed by atoms with Crippen molar-refractivity contribution in [2.75, 3.05) is 6.54 Å². The van der Waals surface area contributed by atoms with E-state index in [0.29, 0.717) is 22.6 Å². The zero-order valence-corrected chi connectivity index (χ0v) is 14.0. The fourth-order valence-corrected chi connectivity index (χ4v) is 2.90. The number of aromatic hydroxyl groups is 1. The first-order valence-electron chi connectivity index (χ1n) is 6.89. The first kappa shape index (κ1) is 15.1. The van der Waals surface area contributed by atoms with Gasteiger partial charge in [0, 0.05) is 17.2 Å². The van der Waals surface area contributed by atoms with Crippen LogP contribution in [0.25, 0.3) is 10.9 Å². The van der Waals surface area contributed by atoms with Gasteiger partial charge in [0.25, 0.3) is 0 Å². The van der Waals surface area contributed by atoms with E-state index in [0.717, 1.165) is 16.4 Å². The second-order valence-electron chi connectivity index (χ2n) is 4.94. The highest BCUT2D eigenvalue weighted by Crippen LogP contribution is 2.38. The molecule has 0 aliphatic heterocycles. The number of aromatic amines is 1. The molecule has 0 aliphatic carbocycles. The summed E-state index contributed by atoms with van der Waals surface area (Å²) in [5.74, 6) is 0.129. The van der Waals surface area contributed by atoms with Gasteiger partial charge in [-0.15, -0.1) is 0 Å². The minimum Gasteiger partial charge on any atom is -0.505 e. The first-order valence-corrected chi connectivity index (χ1v) is 8.06. The molecule has 0 bridgehead atoms. The van der Waals surface area contributed by atoms with Crippen molar-refractivity contribution in [2.45, 2.75) is 6.42 Å². The van der Waals surface area contributed by atoms with E-state index in [4.69, 9.17) is 11.6 Å². The van der Waals surface area contributed by atoms with Crippen LogP contribution >= 0.6 is 27.5 Å². The molecule has 0 aliphatic rings. The Balaban J connectivity index is 1.78. The number of H-pyrrole nitrogens is 1. The Labute approximate surface area is 141 Å². The van der Waals surface area contributed by atoms with Gasteiger partial charge in [-0.05, 0) is 40.0 Å². The average Bonchev–Trinajstić information content (AvgIpc) is 2.85. The van der Waals surface area contributed by atoms with Gasteiger partial charge in [-0.25, -0.2) is 0 Å². The normalized spacial score (nSPS) is 11.5. The molecule has 0 atom stereocenters. The Morgan fingerprint density at radius 2 is 1.95 bits per heavy atom. The molecule has 0 unspecified atom stereocenters. The van der Waals surface area contributed by atoms with Crippen molar-refractivity contribution in [3.05, 3.63) is 63.2 Å². The van der Waals surface area contributed by atoms with Gasteiger partial charge in [-0.3, -0.25) is 4.99 Å². The summed E-state index contributed by atoms with van der Waals surface area (Å²) in [5, 5.41) is 11.4. The molecule has 0 saturated carbocycles. The number of hydrogen-bond donors (Lipinski definition) is 2. The molecular formula is C17H14BrClN2O. The molecule has 3 rings (SSSR count). The highest BCUT2D eigenvalue weighted by molar-refractivity contribution is 9.10. The topological polar surface area (TPSA) is 48.4 Å². The van der Waals surface area contributed by atoms with Crippen LogP contribution in [0.15, 0.2) is 51.9 Å². The second-order valence-corrected chi connectivity index (χ2v) is 6.17. The Morgan fingerprint density at radius 3 is 2.73 bits per heavy atom. The van der Waals surface area contributed by atoms with Crippen LogP contribution in [0.3, 0.4) is 0 Å². The summed E-state index contributed by atoms with van der Waals surface area (Å²) in [6.45, 7) is 0.663. The summed E-state index contributed by atoms with van der Waals surface area (Å²) in [4.78, 5) is 7.50. The van der Waals surface area contributed by atoms with E-state index < -0.39 is 0 Å². The maximum absolute atomic E-state index is 10.3. The molecular weight excluding hydrogens is 364 g/mol. The molecule has 22 heavy (non-hydrogen) atoms. The van der Waals surface area contributed by atoms with Gasteiger partial charge in [-0.1, -0.05) is 41.9 Å². The van der Waals surface area contributed by atoms with E-state index in [1.165, 1.54) is 5.56 Å². The molecule has 1 aromatic heterocycles. The third-order valence-electron chi connectivity index (χ3n) is 3.45. The van der Waals surface area contributed by atoms with E-state index in [9.17, 15) is 5.11 Å². The zero-order valence-electron chi connectivity index (χ0n) is 11.7. The van der Waals surface area contributed by atoms with Gasteiger partial charge in [0.15, 0.2) is 5.75 Å². The number of fused-ring (bicyclic) bond motifs is 1. The Morgan fingerprint density at radius 1 is 1.18 bits per heavy atom. The van der Waals surface area contributed by atoms with Crippen LogP contribution in [0, 0.1) is 0 Å². The maximum Gasteiger partial charge on any atom is 0.151 e. The fraction of sp³-hybridized carbons (Fsp3) is 0.118. The lowest BCUT2D eigenvalue weighted by Crippen LogP contribution is -1.90. The maximum atomic E-state index is 10.3. The summed E-state index contributed by atoms with van der Waals surface area (Å²) in [5.41, 5.74) is 2.60. The predicted molar refractivity (Wildman–Crippen MR) is 95.3 cm³/mol. The summed E-state index contributed by atoms with van der Waals surface area (Å²) in [7, 11) is 0. The molecule has 112 valence electrons. The number of benzene rings is 2. The molecule has 1 heterocycles. The summed E-state index contributed by atoms with van der Waals surface area (Å²) in [6.07, 6.45) is 2.52. The van der Waals surface area contributed by atoms with Gasteiger partial charge in [0.1, 0.15) is 0 Å². The smallest absolute Gasteiger partial charge is 0.151 e. The molecule has 2 N–H and O–H groups in total. The van der Waals surface area contributed by atoms with Crippen molar-refractivity contribution in [1.82, 2.24) is 4.98 Å². The van der Waals surface area contributed by atoms with Crippen molar-refractivity contribution < 1.29 is 5.11 Å². The van der Waals surface area contributed by atoms with Gasteiger partial charge < -0.3 is 10.1 Å². The van der Waals surface area contributed by atoms with Crippen molar-refractivity contribution in [2.24, 2.45) is 4.99 Å². The molecule has 3 aromatic rings. The number of nitrogens with zero attached hydrogens (tertiary/aromatic N) is 1. The van der Waals surface area contributed by atoms with E-state index in [-0.39, 0.29) is 5.75 Å². The van der Waals surface area contributed by atoms with Crippen LogP contribution in [0.4, 0.5) is 0 Å². The Hall–Kier alpha value is -1.78. The zero-order chi connectivity index (χ0) is 15.5. The third kappa shape index (κ3) is 3.03. The quantitative estimate of drug-likeness (QED) is 0.621. The standard InChI is InChI=1S/C17H14BrClN2O/c18-12-6-7-13-15(16(12)19)17(22)14(21-13)10-20-9-8-11-4-2-1-3-5-11/h1-7,10,21-22H,8-9H2. The van der Waals surface area contributed by atoms with E-state index in [1.807, 2.05) is 30.3 Å². The molecule has 0 saturated heterocycles. The van der Waals surface area contributed by atoms with Crippen molar-refractivity contribution >= 4 is 44.6 Å². The van der Waals surface area contributed by atoms with E-state index in [1.54, 1.807) is 6.21 Å². The van der Waals surface area contributed by atoms with Crippen molar-refractivity contribution in [1.29, 1.82) is 0 Å². The highest BCUT2D eigenvalue weighted by atomic mass is 79.9.